The molecule has 124 valence electrons. The molecule has 2 aromatic rings. The molecule has 3 heterocycles. The van der Waals surface area contributed by atoms with Gasteiger partial charge in [-0.15, -0.1) is 0 Å². The number of carbonyl (C=O) groups excluding carboxylic acids is 1. The van der Waals surface area contributed by atoms with Crippen LogP contribution in [0.4, 0.5) is 10.5 Å². The van der Waals surface area contributed by atoms with Gasteiger partial charge in [-0.25, -0.2) is 4.79 Å². The molecule has 4 nitrogen and oxygen atoms in total. The Hall–Kier alpha value is -2.36. The molecule has 2 atom stereocenters. The van der Waals surface area contributed by atoms with E-state index in [1.807, 2.05) is 41.3 Å². The minimum absolute atomic E-state index is 0.0407. The first-order valence-electron chi connectivity index (χ1n) is 8.73. The quantitative estimate of drug-likeness (QED) is 0.887. The highest BCUT2D eigenvalue weighted by molar-refractivity contribution is 5.91. The van der Waals surface area contributed by atoms with Crippen LogP contribution < -0.4 is 5.32 Å². The number of fused-ring (bicyclic) bond motifs is 2. The summed E-state index contributed by atoms with van der Waals surface area (Å²) in [6.45, 7) is 4.35. The van der Waals surface area contributed by atoms with E-state index in [2.05, 4.69) is 24.1 Å². The van der Waals surface area contributed by atoms with Crippen LogP contribution in [0.5, 0.6) is 0 Å². The summed E-state index contributed by atoms with van der Waals surface area (Å²) < 4.78 is 0. The fourth-order valence-corrected chi connectivity index (χ4v) is 4.16. The Bertz CT molecular complexity index is 747. The highest BCUT2D eigenvalue weighted by atomic mass is 16.2. The molecular weight excluding hydrogens is 298 g/mol. The molecule has 4 rings (SSSR count). The van der Waals surface area contributed by atoms with Crippen LogP contribution in [0.25, 0.3) is 11.3 Å². The van der Waals surface area contributed by atoms with Gasteiger partial charge < -0.3 is 10.2 Å². The number of hydrogen-bond donors (Lipinski definition) is 1. The summed E-state index contributed by atoms with van der Waals surface area (Å²) in [6.07, 6.45) is 5.24. The molecule has 2 aliphatic rings. The number of carbonyl (C=O) groups is 1. The molecule has 0 spiro atoms. The fourth-order valence-electron chi connectivity index (χ4n) is 4.16. The molecule has 24 heavy (non-hydrogen) atoms. The number of benzene rings is 1. The largest absolute Gasteiger partial charge is 0.322 e. The number of amides is 2. The maximum Gasteiger partial charge on any atom is 0.322 e. The lowest BCUT2D eigenvalue weighted by atomic mass is 9.74. The van der Waals surface area contributed by atoms with Crippen molar-refractivity contribution in [3.05, 3.63) is 48.2 Å². The Kier molecular flexibility index (Phi) is 3.75. The number of piperidine rings is 1. The molecule has 2 saturated heterocycles. The molecule has 4 heteroatoms. The van der Waals surface area contributed by atoms with E-state index < -0.39 is 0 Å². The summed E-state index contributed by atoms with van der Waals surface area (Å²) >= 11 is 0. The topological polar surface area (TPSA) is 45.2 Å². The number of nitrogens with one attached hydrogen (secondary N) is 1. The smallest absolute Gasteiger partial charge is 0.318 e. The van der Waals surface area contributed by atoms with Crippen LogP contribution >= 0.6 is 0 Å². The molecule has 1 aromatic carbocycles. The van der Waals surface area contributed by atoms with Crippen molar-refractivity contribution in [1.29, 1.82) is 0 Å². The molecule has 0 radical (unpaired) electrons. The average molecular weight is 321 g/mol. The van der Waals surface area contributed by atoms with Crippen LogP contribution in [0.2, 0.25) is 0 Å². The van der Waals surface area contributed by atoms with Crippen LogP contribution in [-0.2, 0) is 0 Å². The maximum atomic E-state index is 12.6. The third kappa shape index (κ3) is 2.66. The van der Waals surface area contributed by atoms with Crippen molar-refractivity contribution >= 4 is 11.7 Å². The third-order valence-electron chi connectivity index (χ3n) is 5.34. The third-order valence-corrected chi connectivity index (χ3v) is 5.34. The van der Waals surface area contributed by atoms with Gasteiger partial charge in [-0.2, -0.15) is 0 Å². The normalized spacial score (nSPS) is 25.1. The number of aryl methyl sites for hydroxylation is 1. The zero-order valence-corrected chi connectivity index (χ0v) is 14.2. The van der Waals surface area contributed by atoms with Crippen LogP contribution in [0.3, 0.4) is 0 Å². The summed E-state index contributed by atoms with van der Waals surface area (Å²) in [5, 5.41) is 3.08. The van der Waals surface area contributed by atoms with Gasteiger partial charge in [-0.1, -0.05) is 19.1 Å². The van der Waals surface area contributed by atoms with Crippen LogP contribution in [0.1, 0.15) is 31.7 Å². The Morgan fingerprint density at radius 1 is 1.17 bits per heavy atom. The van der Waals surface area contributed by atoms with E-state index in [4.69, 9.17) is 0 Å². The first-order valence-corrected chi connectivity index (χ1v) is 8.73. The summed E-state index contributed by atoms with van der Waals surface area (Å²) in [5.74, 6) is 0.743. The number of anilines is 1. The molecule has 2 aliphatic heterocycles. The van der Waals surface area contributed by atoms with Gasteiger partial charge in [0.25, 0.3) is 0 Å². The molecule has 0 saturated carbocycles. The first-order chi connectivity index (χ1) is 11.6. The highest BCUT2D eigenvalue weighted by Crippen LogP contribution is 2.41. The highest BCUT2D eigenvalue weighted by Gasteiger charge is 2.46. The number of hydrogen-bond acceptors (Lipinski definition) is 2. The standard InChI is InChI=1S/C20H23N3O/c1-13-9-16-12-17(10-13)23(16)20(24)22-15-7-6-14(2)18(11-15)19-5-3-4-8-21-19/h3-8,11,13,16-17H,9-10,12H2,1-2H3,(H,22,24). The van der Waals surface area contributed by atoms with Gasteiger partial charge in [0.2, 0.25) is 0 Å². The molecule has 1 N–H and O–H groups in total. The zero-order chi connectivity index (χ0) is 16.7. The second-order valence-corrected chi connectivity index (χ2v) is 7.20. The molecule has 1 aromatic heterocycles. The van der Waals surface area contributed by atoms with E-state index in [9.17, 15) is 4.79 Å². The van der Waals surface area contributed by atoms with Gasteiger partial charge in [0.15, 0.2) is 0 Å². The summed E-state index contributed by atoms with van der Waals surface area (Å²) in [5.41, 5.74) is 3.98. The Labute approximate surface area is 142 Å². The first kappa shape index (κ1) is 15.2. The zero-order valence-electron chi connectivity index (χ0n) is 14.2. The van der Waals surface area contributed by atoms with Crippen molar-refractivity contribution in [3.8, 4) is 11.3 Å². The predicted octanol–water partition coefficient (Wildman–Crippen LogP) is 4.46. The number of pyridine rings is 1. The Morgan fingerprint density at radius 3 is 2.67 bits per heavy atom. The predicted molar refractivity (Wildman–Crippen MR) is 95.9 cm³/mol. The lowest BCUT2D eigenvalue weighted by molar-refractivity contribution is -0.00600. The average Bonchev–Trinajstić information content (AvgIpc) is 2.57. The SMILES string of the molecule is Cc1ccc(NC(=O)N2C3CC(C)CC2C3)cc1-c1ccccn1. The van der Waals surface area contributed by atoms with Gasteiger partial charge in [-0.3, -0.25) is 4.98 Å². The van der Waals surface area contributed by atoms with E-state index in [-0.39, 0.29) is 6.03 Å². The molecule has 2 unspecified atom stereocenters. The van der Waals surface area contributed by atoms with Gasteiger partial charge >= 0.3 is 6.03 Å². The van der Waals surface area contributed by atoms with E-state index in [0.717, 1.165) is 41.3 Å². The van der Waals surface area contributed by atoms with E-state index >= 15 is 0 Å². The van der Waals surface area contributed by atoms with Crippen molar-refractivity contribution in [1.82, 2.24) is 9.88 Å². The molecule has 2 fully saturated rings. The molecular formula is C20H23N3O. The number of nitrogens with zero attached hydrogens (tertiary/aromatic N) is 2. The van der Waals surface area contributed by atoms with E-state index in [1.54, 1.807) is 6.20 Å². The van der Waals surface area contributed by atoms with Crippen LogP contribution in [0, 0.1) is 12.8 Å². The Balaban J connectivity index is 1.52. The summed E-state index contributed by atoms with van der Waals surface area (Å²) in [7, 11) is 0. The number of rotatable bonds is 2. The summed E-state index contributed by atoms with van der Waals surface area (Å²) in [6, 6.07) is 12.8. The molecule has 0 aliphatic carbocycles. The van der Waals surface area contributed by atoms with Crippen LogP contribution in [-0.4, -0.2) is 28.0 Å². The van der Waals surface area contributed by atoms with Crippen LogP contribution in [0.15, 0.2) is 42.6 Å². The van der Waals surface area contributed by atoms with Crippen molar-refractivity contribution in [3.63, 3.8) is 0 Å². The van der Waals surface area contributed by atoms with Gasteiger partial charge in [0, 0.05) is 29.5 Å². The second-order valence-electron chi connectivity index (χ2n) is 7.20. The van der Waals surface area contributed by atoms with Crippen molar-refractivity contribution < 1.29 is 4.79 Å². The lowest BCUT2D eigenvalue weighted by Crippen LogP contribution is -2.63. The van der Waals surface area contributed by atoms with Gasteiger partial charge in [0.05, 0.1) is 5.69 Å². The monoisotopic (exact) mass is 321 g/mol. The minimum atomic E-state index is 0.0407. The Morgan fingerprint density at radius 2 is 1.96 bits per heavy atom. The van der Waals surface area contributed by atoms with Crippen molar-refractivity contribution in [2.75, 3.05) is 5.32 Å². The maximum absolute atomic E-state index is 12.6. The summed E-state index contributed by atoms with van der Waals surface area (Å²) in [4.78, 5) is 19.1. The van der Waals surface area contributed by atoms with E-state index in [0.29, 0.717) is 12.1 Å². The number of aromatic nitrogens is 1. The van der Waals surface area contributed by atoms with Crippen molar-refractivity contribution in [2.45, 2.75) is 45.2 Å². The minimum Gasteiger partial charge on any atom is -0.318 e. The second kappa shape index (κ2) is 5.93. The van der Waals surface area contributed by atoms with E-state index in [1.165, 1.54) is 6.42 Å². The number of urea groups is 1. The van der Waals surface area contributed by atoms with Gasteiger partial charge in [0.1, 0.15) is 0 Å². The molecule has 2 bridgehead atoms. The van der Waals surface area contributed by atoms with Gasteiger partial charge in [-0.05, 0) is 61.9 Å². The molecule has 2 amide bonds. The van der Waals surface area contributed by atoms with Crippen molar-refractivity contribution in [2.24, 2.45) is 5.92 Å². The fraction of sp³-hybridized carbons (Fsp3) is 0.400. The lowest BCUT2D eigenvalue weighted by Gasteiger charge is -2.54.